The lowest BCUT2D eigenvalue weighted by Crippen LogP contribution is -2.36. The van der Waals surface area contributed by atoms with E-state index >= 15 is 0 Å². The average Bonchev–Trinajstić information content (AvgIpc) is 2.53. The van der Waals surface area contributed by atoms with Gasteiger partial charge in [-0.3, -0.25) is 9.59 Å². The summed E-state index contributed by atoms with van der Waals surface area (Å²) in [5, 5.41) is 0.743. The third-order valence-corrected chi connectivity index (χ3v) is 2.92. The molecule has 0 aliphatic heterocycles. The molecule has 0 bridgehead atoms. The van der Waals surface area contributed by atoms with E-state index in [1.807, 2.05) is 24.3 Å². The molecule has 1 heterocycles. The van der Waals surface area contributed by atoms with Gasteiger partial charge in [0, 0.05) is 5.39 Å². The Labute approximate surface area is 121 Å². The average molecular weight is 289 g/mol. The second-order valence-electron chi connectivity index (χ2n) is 4.22. The smallest absolute Gasteiger partial charge is 0.325 e. The summed E-state index contributed by atoms with van der Waals surface area (Å²) in [4.78, 5) is 32.9. The number of esters is 2. The first-order chi connectivity index (χ1) is 10.2. The lowest BCUT2D eigenvalue weighted by atomic mass is 10.2. The molecular weight excluding hydrogens is 274 g/mol. The summed E-state index contributed by atoms with van der Waals surface area (Å²) in [6.07, 6.45) is 1.39. The van der Waals surface area contributed by atoms with Crippen LogP contribution in [-0.2, 0) is 19.1 Å². The summed E-state index contributed by atoms with van der Waals surface area (Å²) >= 11 is 0. The van der Waals surface area contributed by atoms with Crippen LogP contribution in [0.3, 0.4) is 0 Å². The first kappa shape index (κ1) is 14.7. The third-order valence-electron chi connectivity index (χ3n) is 2.92. The standard InChI is InChI=1S/C14H15N3O4/c1-20-12(18)7-17(8-13(19)21-2)14-10-5-3-4-6-11(10)15-9-16-14/h3-6,9H,7-8H2,1-2H3. The molecule has 1 aromatic heterocycles. The molecule has 0 saturated heterocycles. The maximum Gasteiger partial charge on any atom is 0.325 e. The predicted octanol–water partition coefficient (Wildman–Crippen LogP) is 0.782. The highest BCUT2D eigenvalue weighted by molar-refractivity contribution is 5.92. The van der Waals surface area contributed by atoms with Crippen molar-refractivity contribution in [2.75, 3.05) is 32.2 Å². The van der Waals surface area contributed by atoms with E-state index in [0.29, 0.717) is 5.82 Å². The van der Waals surface area contributed by atoms with Crippen molar-refractivity contribution in [3.63, 3.8) is 0 Å². The Morgan fingerprint density at radius 2 is 1.67 bits per heavy atom. The Balaban J connectivity index is 2.42. The lowest BCUT2D eigenvalue weighted by Gasteiger charge is -2.22. The van der Waals surface area contributed by atoms with E-state index in [-0.39, 0.29) is 13.1 Å². The molecule has 0 atom stereocenters. The quantitative estimate of drug-likeness (QED) is 0.752. The van der Waals surface area contributed by atoms with Gasteiger partial charge < -0.3 is 14.4 Å². The molecule has 7 nitrogen and oxygen atoms in total. The fraction of sp³-hybridized carbons (Fsp3) is 0.286. The van der Waals surface area contributed by atoms with E-state index in [9.17, 15) is 9.59 Å². The van der Waals surface area contributed by atoms with E-state index < -0.39 is 11.9 Å². The molecular formula is C14H15N3O4. The van der Waals surface area contributed by atoms with E-state index in [4.69, 9.17) is 0 Å². The molecule has 21 heavy (non-hydrogen) atoms. The number of rotatable bonds is 5. The number of nitrogens with zero attached hydrogens (tertiary/aromatic N) is 3. The Kier molecular flexibility index (Phi) is 4.65. The maximum absolute atomic E-state index is 11.5. The monoisotopic (exact) mass is 289 g/mol. The minimum Gasteiger partial charge on any atom is -0.468 e. The number of benzene rings is 1. The molecule has 1 aromatic carbocycles. The van der Waals surface area contributed by atoms with Gasteiger partial charge in [0.05, 0.1) is 19.7 Å². The molecule has 7 heteroatoms. The number of hydrogen-bond donors (Lipinski definition) is 0. The van der Waals surface area contributed by atoms with Crippen molar-refractivity contribution >= 4 is 28.7 Å². The van der Waals surface area contributed by atoms with Crippen molar-refractivity contribution in [2.45, 2.75) is 0 Å². The van der Waals surface area contributed by atoms with Crippen LogP contribution in [0.1, 0.15) is 0 Å². The van der Waals surface area contributed by atoms with Gasteiger partial charge in [0.1, 0.15) is 25.2 Å². The Hall–Kier alpha value is -2.70. The van der Waals surface area contributed by atoms with Crippen LogP contribution in [0.25, 0.3) is 10.9 Å². The SMILES string of the molecule is COC(=O)CN(CC(=O)OC)c1ncnc2ccccc12. The third kappa shape index (κ3) is 3.44. The molecule has 0 radical (unpaired) electrons. The molecule has 0 N–H and O–H groups in total. The number of aromatic nitrogens is 2. The number of fused-ring (bicyclic) bond motifs is 1. The molecule has 110 valence electrons. The summed E-state index contributed by atoms with van der Waals surface area (Å²) in [6.45, 7) is -0.209. The van der Waals surface area contributed by atoms with Gasteiger partial charge in [0.25, 0.3) is 0 Å². The highest BCUT2D eigenvalue weighted by Gasteiger charge is 2.19. The summed E-state index contributed by atoms with van der Waals surface area (Å²) in [5.74, 6) is -0.459. The van der Waals surface area contributed by atoms with Crippen LogP contribution in [0.4, 0.5) is 5.82 Å². The van der Waals surface area contributed by atoms with Crippen molar-refractivity contribution in [3.05, 3.63) is 30.6 Å². The molecule has 0 fully saturated rings. The minimum atomic E-state index is -0.471. The van der Waals surface area contributed by atoms with E-state index in [1.165, 1.54) is 25.4 Å². The first-order valence-electron chi connectivity index (χ1n) is 6.24. The Morgan fingerprint density at radius 3 is 2.29 bits per heavy atom. The molecule has 0 unspecified atom stereocenters. The van der Waals surface area contributed by atoms with Crippen molar-refractivity contribution in [1.29, 1.82) is 0 Å². The summed E-state index contributed by atoms with van der Waals surface area (Å²) < 4.78 is 9.31. The van der Waals surface area contributed by atoms with Gasteiger partial charge in [-0.2, -0.15) is 0 Å². The first-order valence-corrected chi connectivity index (χ1v) is 6.24. The molecule has 0 saturated carbocycles. The fourth-order valence-electron chi connectivity index (χ4n) is 1.89. The van der Waals surface area contributed by atoms with Gasteiger partial charge in [-0.25, -0.2) is 9.97 Å². The number of ether oxygens (including phenoxy) is 2. The lowest BCUT2D eigenvalue weighted by molar-refractivity contribution is -0.140. The molecule has 2 rings (SSSR count). The molecule has 0 aliphatic rings. The van der Waals surface area contributed by atoms with Gasteiger partial charge in [-0.15, -0.1) is 0 Å². The molecule has 0 amide bonds. The Bertz CT molecular complexity index is 636. The summed E-state index contributed by atoms with van der Waals surface area (Å²) in [6, 6.07) is 7.34. The predicted molar refractivity (Wildman–Crippen MR) is 75.8 cm³/mol. The highest BCUT2D eigenvalue weighted by atomic mass is 16.5. The summed E-state index contributed by atoms with van der Waals surface area (Å²) in [7, 11) is 2.58. The topological polar surface area (TPSA) is 81.6 Å². The van der Waals surface area contributed by atoms with Gasteiger partial charge in [0.2, 0.25) is 0 Å². The van der Waals surface area contributed by atoms with E-state index in [0.717, 1.165) is 10.9 Å². The minimum absolute atomic E-state index is 0.105. The second kappa shape index (κ2) is 6.65. The number of para-hydroxylation sites is 1. The fourth-order valence-corrected chi connectivity index (χ4v) is 1.89. The number of carbonyl (C=O) groups excluding carboxylic acids is 2. The molecule has 2 aromatic rings. The van der Waals surface area contributed by atoms with Crippen LogP contribution >= 0.6 is 0 Å². The zero-order valence-corrected chi connectivity index (χ0v) is 11.8. The van der Waals surface area contributed by atoms with Gasteiger partial charge in [-0.05, 0) is 12.1 Å². The summed E-state index contributed by atoms with van der Waals surface area (Å²) in [5.41, 5.74) is 0.724. The van der Waals surface area contributed by atoms with Crippen LogP contribution in [0.15, 0.2) is 30.6 Å². The van der Waals surface area contributed by atoms with E-state index in [1.54, 1.807) is 0 Å². The van der Waals surface area contributed by atoms with Crippen LogP contribution in [0.5, 0.6) is 0 Å². The van der Waals surface area contributed by atoms with Crippen molar-refractivity contribution < 1.29 is 19.1 Å². The number of methoxy groups -OCH3 is 2. The molecule has 0 spiro atoms. The second-order valence-corrected chi connectivity index (χ2v) is 4.22. The van der Waals surface area contributed by atoms with Crippen molar-refractivity contribution in [1.82, 2.24) is 9.97 Å². The number of anilines is 1. The van der Waals surface area contributed by atoms with Gasteiger partial charge in [0.15, 0.2) is 0 Å². The maximum atomic E-state index is 11.5. The van der Waals surface area contributed by atoms with Crippen molar-refractivity contribution in [3.8, 4) is 0 Å². The van der Waals surface area contributed by atoms with Crippen LogP contribution in [0, 0.1) is 0 Å². The van der Waals surface area contributed by atoms with Crippen LogP contribution < -0.4 is 4.90 Å². The number of hydrogen-bond acceptors (Lipinski definition) is 7. The van der Waals surface area contributed by atoms with E-state index in [2.05, 4.69) is 19.4 Å². The molecule has 0 aliphatic carbocycles. The number of carbonyl (C=O) groups is 2. The zero-order chi connectivity index (χ0) is 15.2. The van der Waals surface area contributed by atoms with Crippen LogP contribution in [0.2, 0.25) is 0 Å². The van der Waals surface area contributed by atoms with Gasteiger partial charge >= 0.3 is 11.9 Å². The highest BCUT2D eigenvalue weighted by Crippen LogP contribution is 2.22. The van der Waals surface area contributed by atoms with Gasteiger partial charge in [-0.1, -0.05) is 12.1 Å². The largest absolute Gasteiger partial charge is 0.468 e. The normalized spacial score (nSPS) is 10.2. The van der Waals surface area contributed by atoms with Crippen LogP contribution in [-0.4, -0.2) is 49.2 Å². The zero-order valence-electron chi connectivity index (χ0n) is 11.8. The Morgan fingerprint density at radius 1 is 1.05 bits per heavy atom. The van der Waals surface area contributed by atoms with Crippen molar-refractivity contribution in [2.24, 2.45) is 0 Å².